The van der Waals surface area contributed by atoms with E-state index < -0.39 is 0 Å². The Balaban J connectivity index is 1.92. The second kappa shape index (κ2) is 5.19. The van der Waals surface area contributed by atoms with Gasteiger partial charge in [0, 0.05) is 32.9 Å². The van der Waals surface area contributed by atoms with Crippen LogP contribution in [0.15, 0.2) is 18.2 Å². The molecular formula is C13H19N3O. The normalized spacial score (nSPS) is 13.1. The largest absolute Gasteiger partial charge is 0.384 e. The smallest absolute Gasteiger partial charge is 0.236 e. The van der Waals surface area contributed by atoms with Gasteiger partial charge >= 0.3 is 0 Å². The minimum atomic E-state index is 0.102. The van der Waals surface area contributed by atoms with E-state index in [2.05, 4.69) is 28.8 Å². The molecule has 4 nitrogen and oxygen atoms in total. The van der Waals surface area contributed by atoms with E-state index in [4.69, 9.17) is 0 Å². The van der Waals surface area contributed by atoms with Crippen molar-refractivity contribution < 1.29 is 4.79 Å². The number of nitrogens with one attached hydrogen (secondary N) is 2. The predicted octanol–water partition coefficient (Wildman–Crippen LogP) is 0.832. The first-order chi connectivity index (χ1) is 8.18. The number of hydrogen-bond donors (Lipinski definition) is 2. The molecule has 0 fully saturated rings. The molecule has 92 valence electrons. The molecular weight excluding hydrogens is 214 g/mol. The average molecular weight is 233 g/mol. The Labute approximate surface area is 102 Å². The van der Waals surface area contributed by atoms with E-state index in [0.717, 1.165) is 19.5 Å². The maximum Gasteiger partial charge on any atom is 0.236 e. The van der Waals surface area contributed by atoms with Crippen LogP contribution in [0, 0.1) is 0 Å². The summed E-state index contributed by atoms with van der Waals surface area (Å²) in [7, 11) is 3.54. The van der Waals surface area contributed by atoms with Crippen LogP contribution in [0.5, 0.6) is 0 Å². The Hall–Kier alpha value is -1.55. The van der Waals surface area contributed by atoms with Crippen LogP contribution in [0.25, 0.3) is 0 Å². The van der Waals surface area contributed by atoms with Gasteiger partial charge in [-0.25, -0.2) is 0 Å². The van der Waals surface area contributed by atoms with Gasteiger partial charge in [0.2, 0.25) is 5.91 Å². The predicted molar refractivity (Wildman–Crippen MR) is 69.0 cm³/mol. The Bertz CT molecular complexity index is 415. The van der Waals surface area contributed by atoms with E-state index in [9.17, 15) is 4.79 Å². The molecule has 1 aromatic carbocycles. The fourth-order valence-electron chi connectivity index (χ4n) is 2.02. The molecule has 2 N–H and O–H groups in total. The lowest BCUT2D eigenvalue weighted by Gasteiger charge is -2.12. The maximum absolute atomic E-state index is 11.4. The highest BCUT2D eigenvalue weighted by atomic mass is 16.2. The van der Waals surface area contributed by atoms with Gasteiger partial charge in [-0.05, 0) is 17.5 Å². The van der Waals surface area contributed by atoms with Gasteiger partial charge in [0.15, 0.2) is 0 Å². The fourth-order valence-corrected chi connectivity index (χ4v) is 2.02. The number of para-hydroxylation sites is 1. The average Bonchev–Trinajstić information content (AvgIpc) is 2.77. The molecule has 1 heterocycles. The molecule has 2 rings (SSSR count). The third-order valence-electron chi connectivity index (χ3n) is 3.02. The zero-order chi connectivity index (χ0) is 12.3. The molecule has 0 spiro atoms. The molecule has 0 saturated heterocycles. The molecule has 1 aliphatic heterocycles. The van der Waals surface area contributed by atoms with Gasteiger partial charge in [0.1, 0.15) is 0 Å². The number of carbonyl (C=O) groups excluding carboxylic acids is 1. The molecule has 0 atom stereocenters. The third-order valence-corrected chi connectivity index (χ3v) is 3.02. The lowest BCUT2D eigenvalue weighted by Crippen LogP contribution is -2.32. The van der Waals surface area contributed by atoms with Crippen LogP contribution >= 0.6 is 0 Å². The number of likely N-dealkylation sites (N-methyl/N-ethyl adjacent to an activating group) is 1. The summed E-state index contributed by atoms with van der Waals surface area (Å²) in [5.41, 5.74) is 3.87. The van der Waals surface area contributed by atoms with E-state index in [1.54, 1.807) is 19.0 Å². The van der Waals surface area contributed by atoms with Crippen molar-refractivity contribution in [2.24, 2.45) is 0 Å². The van der Waals surface area contributed by atoms with Crippen molar-refractivity contribution in [3.8, 4) is 0 Å². The monoisotopic (exact) mass is 233 g/mol. The number of benzene rings is 1. The number of hydrogen-bond acceptors (Lipinski definition) is 3. The Morgan fingerprint density at radius 2 is 2.29 bits per heavy atom. The lowest BCUT2D eigenvalue weighted by molar-refractivity contribution is -0.127. The summed E-state index contributed by atoms with van der Waals surface area (Å²) in [5, 5.41) is 6.58. The summed E-state index contributed by atoms with van der Waals surface area (Å²) in [5.74, 6) is 0.102. The Morgan fingerprint density at radius 3 is 3.06 bits per heavy atom. The van der Waals surface area contributed by atoms with Crippen LogP contribution in [0.4, 0.5) is 5.69 Å². The van der Waals surface area contributed by atoms with Gasteiger partial charge in [-0.15, -0.1) is 0 Å². The summed E-state index contributed by atoms with van der Waals surface area (Å²) in [6.45, 7) is 2.13. The Kier molecular flexibility index (Phi) is 3.64. The van der Waals surface area contributed by atoms with Crippen molar-refractivity contribution in [1.29, 1.82) is 0 Å². The van der Waals surface area contributed by atoms with Crippen molar-refractivity contribution in [1.82, 2.24) is 10.2 Å². The van der Waals surface area contributed by atoms with E-state index in [-0.39, 0.29) is 5.91 Å². The number of carbonyl (C=O) groups is 1. The highest BCUT2D eigenvalue weighted by Gasteiger charge is 2.13. The number of fused-ring (bicyclic) bond motifs is 1. The third kappa shape index (κ3) is 2.77. The topological polar surface area (TPSA) is 44.4 Å². The van der Waals surface area contributed by atoms with Crippen LogP contribution in [-0.2, 0) is 17.8 Å². The highest BCUT2D eigenvalue weighted by Crippen LogP contribution is 2.25. The van der Waals surface area contributed by atoms with Crippen LogP contribution < -0.4 is 10.6 Å². The molecule has 1 aliphatic rings. The van der Waals surface area contributed by atoms with Crippen LogP contribution in [0.3, 0.4) is 0 Å². The summed E-state index contributed by atoms with van der Waals surface area (Å²) in [4.78, 5) is 13.0. The number of anilines is 1. The first kappa shape index (κ1) is 11.9. The SMILES string of the molecule is CN(C)C(=O)CNCc1cccc2c1NCC2. The van der Waals surface area contributed by atoms with Crippen LogP contribution in [-0.4, -0.2) is 38.0 Å². The second-order valence-electron chi connectivity index (χ2n) is 4.52. The zero-order valence-corrected chi connectivity index (χ0v) is 10.4. The molecule has 0 bridgehead atoms. The molecule has 0 radical (unpaired) electrons. The first-order valence-corrected chi connectivity index (χ1v) is 5.94. The molecule has 0 saturated carbocycles. The highest BCUT2D eigenvalue weighted by molar-refractivity contribution is 5.77. The van der Waals surface area contributed by atoms with E-state index in [0.29, 0.717) is 6.54 Å². The number of amides is 1. The minimum absolute atomic E-state index is 0.102. The Morgan fingerprint density at radius 1 is 1.47 bits per heavy atom. The zero-order valence-electron chi connectivity index (χ0n) is 10.4. The van der Waals surface area contributed by atoms with Crippen molar-refractivity contribution in [2.45, 2.75) is 13.0 Å². The van der Waals surface area contributed by atoms with Gasteiger partial charge in [0.05, 0.1) is 6.54 Å². The minimum Gasteiger partial charge on any atom is -0.384 e. The molecule has 0 unspecified atom stereocenters. The standard InChI is InChI=1S/C13H19N3O/c1-16(2)12(17)9-14-8-11-5-3-4-10-6-7-15-13(10)11/h3-5,14-15H,6-9H2,1-2H3. The van der Waals surface area contributed by atoms with E-state index >= 15 is 0 Å². The quantitative estimate of drug-likeness (QED) is 0.809. The van der Waals surface area contributed by atoms with Gasteiger partial charge in [-0.1, -0.05) is 18.2 Å². The van der Waals surface area contributed by atoms with Crippen molar-refractivity contribution in [3.05, 3.63) is 29.3 Å². The van der Waals surface area contributed by atoms with Gasteiger partial charge in [0.25, 0.3) is 0 Å². The van der Waals surface area contributed by atoms with E-state index in [1.807, 2.05) is 0 Å². The molecule has 0 aromatic heterocycles. The van der Waals surface area contributed by atoms with Crippen molar-refractivity contribution >= 4 is 11.6 Å². The van der Waals surface area contributed by atoms with Gasteiger partial charge in [-0.2, -0.15) is 0 Å². The van der Waals surface area contributed by atoms with E-state index in [1.165, 1.54) is 16.8 Å². The summed E-state index contributed by atoms with van der Waals surface area (Å²) in [6.07, 6.45) is 1.10. The number of nitrogens with zero attached hydrogens (tertiary/aromatic N) is 1. The van der Waals surface area contributed by atoms with Crippen LogP contribution in [0.2, 0.25) is 0 Å². The second-order valence-corrected chi connectivity index (χ2v) is 4.52. The molecule has 17 heavy (non-hydrogen) atoms. The first-order valence-electron chi connectivity index (χ1n) is 5.94. The molecule has 4 heteroatoms. The van der Waals surface area contributed by atoms with Crippen molar-refractivity contribution in [2.75, 3.05) is 32.5 Å². The molecule has 1 amide bonds. The number of rotatable bonds is 4. The molecule has 0 aliphatic carbocycles. The van der Waals surface area contributed by atoms with Crippen molar-refractivity contribution in [3.63, 3.8) is 0 Å². The summed E-state index contributed by atoms with van der Waals surface area (Å²) >= 11 is 0. The lowest BCUT2D eigenvalue weighted by atomic mass is 10.1. The van der Waals surface area contributed by atoms with Gasteiger partial charge in [-0.3, -0.25) is 4.79 Å². The fraction of sp³-hybridized carbons (Fsp3) is 0.462. The maximum atomic E-state index is 11.4. The molecule has 1 aromatic rings. The van der Waals surface area contributed by atoms with Gasteiger partial charge < -0.3 is 15.5 Å². The van der Waals surface area contributed by atoms with Crippen LogP contribution in [0.1, 0.15) is 11.1 Å². The summed E-state index contributed by atoms with van der Waals surface area (Å²) in [6, 6.07) is 6.34. The summed E-state index contributed by atoms with van der Waals surface area (Å²) < 4.78 is 0.